The number of ether oxygens (including phenoxy) is 1. The second-order valence-corrected chi connectivity index (χ2v) is 11.8. The van der Waals surface area contributed by atoms with Crippen LogP contribution in [0.2, 0.25) is 0 Å². The smallest absolute Gasteiger partial charge is 0.405 e. The van der Waals surface area contributed by atoms with Crippen LogP contribution in [0.3, 0.4) is 0 Å². The Bertz CT molecular complexity index is 1280. The molecule has 2 aromatic rings. The van der Waals surface area contributed by atoms with Gasteiger partial charge in [0.2, 0.25) is 0 Å². The number of ketones is 1. The number of allylic oxidation sites excluding steroid dienone is 3. The summed E-state index contributed by atoms with van der Waals surface area (Å²) in [5, 5.41) is 4.84. The molecule has 9 heteroatoms. The molecule has 4 rings (SSSR count). The Balaban J connectivity index is 0.000000663. The number of aromatic nitrogens is 2. The molecule has 0 spiro atoms. The van der Waals surface area contributed by atoms with E-state index in [1.165, 1.54) is 60.7 Å². The molecule has 5 nitrogen and oxygen atoms in total. The highest BCUT2D eigenvalue weighted by Crippen LogP contribution is 2.48. The maximum Gasteiger partial charge on any atom is 0.573 e. The van der Waals surface area contributed by atoms with Gasteiger partial charge in [-0.15, -0.1) is 13.2 Å². The zero-order valence-corrected chi connectivity index (χ0v) is 26.2. The molecule has 1 aliphatic heterocycles. The fourth-order valence-corrected chi connectivity index (χ4v) is 6.09. The van der Waals surface area contributed by atoms with Crippen molar-refractivity contribution in [2.45, 2.75) is 98.3 Å². The molecule has 2 aliphatic rings. The van der Waals surface area contributed by atoms with E-state index in [4.69, 9.17) is 5.10 Å². The quantitative estimate of drug-likeness (QED) is 0.228. The third kappa shape index (κ3) is 6.84. The summed E-state index contributed by atoms with van der Waals surface area (Å²) in [5.74, 6) is -0.125. The molecule has 0 N–H and O–H groups in total. The SMILES string of the molecule is CC(=O)c1c(C2(C)C=CN(C)C3=C2CCCC3C)nn(-c2ccc(Br)c(OC(F)(F)F)c2)c1C.CCCCCC. The number of hydrogen-bond donors (Lipinski definition) is 0. The van der Waals surface area contributed by atoms with Gasteiger partial charge >= 0.3 is 6.36 Å². The first-order valence-corrected chi connectivity index (χ1v) is 14.9. The van der Waals surface area contributed by atoms with Gasteiger partial charge in [0, 0.05) is 25.0 Å². The van der Waals surface area contributed by atoms with Crippen LogP contribution in [-0.2, 0) is 5.41 Å². The van der Waals surface area contributed by atoms with Crippen LogP contribution in [0.5, 0.6) is 5.75 Å². The molecule has 1 aromatic heterocycles. The normalized spacial score (nSPS) is 20.7. The minimum Gasteiger partial charge on any atom is -0.405 e. The average Bonchev–Trinajstić information content (AvgIpc) is 3.24. The highest BCUT2D eigenvalue weighted by atomic mass is 79.9. The summed E-state index contributed by atoms with van der Waals surface area (Å²) in [7, 11) is 2.03. The Morgan fingerprint density at radius 3 is 2.45 bits per heavy atom. The van der Waals surface area contributed by atoms with E-state index in [9.17, 15) is 18.0 Å². The Morgan fingerprint density at radius 1 is 1.23 bits per heavy atom. The van der Waals surface area contributed by atoms with Crippen molar-refractivity contribution in [3.8, 4) is 11.4 Å². The van der Waals surface area contributed by atoms with Crippen molar-refractivity contribution >= 4 is 21.7 Å². The molecule has 0 saturated carbocycles. The third-order valence-corrected chi connectivity index (χ3v) is 8.44. The lowest BCUT2D eigenvalue weighted by Gasteiger charge is -2.42. The molecule has 1 aliphatic carbocycles. The summed E-state index contributed by atoms with van der Waals surface area (Å²) in [6.45, 7) is 12.0. The molecular weight excluding hydrogens is 583 g/mol. The summed E-state index contributed by atoms with van der Waals surface area (Å²) in [6, 6.07) is 4.39. The number of alkyl halides is 3. The van der Waals surface area contributed by atoms with Gasteiger partial charge in [0.05, 0.1) is 32.5 Å². The number of halogens is 4. The lowest BCUT2D eigenvalue weighted by molar-refractivity contribution is -0.274. The molecule has 0 radical (unpaired) electrons. The fourth-order valence-electron chi connectivity index (χ4n) is 5.76. The van der Waals surface area contributed by atoms with E-state index in [2.05, 4.69) is 59.3 Å². The van der Waals surface area contributed by atoms with Crippen LogP contribution in [0.1, 0.15) is 101 Å². The van der Waals surface area contributed by atoms with Crippen molar-refractivity contribution in [3.05, 3.63) is 63.2 Å². The fraction of sp³-hybridized carbons (Fsp3) is 0.548. The van der Waals surface area contributed by atoms with E-state index < -0.39 is 11.8 Å². The Labute approximate surface area is 244 Å². The first kappa shape index (κ1) is 32.0. The largest absolute Gasteiger partial charge is 0.573 e. The van der Waals surface area contributed by atoms with Crippen molar-refractivity contribution in [1.82, 2.24) is 14.7 Å². The number of Topliss-reactive ketones (excluding diaryl/α,β-unsaturated/α-hetero) is 1. The number of carbonyl (C=O) groups excluding carboxylic acids is 1. The van der Waals surface area contributed by atoms with Crippen molar-refractivity contribution in [3.63, 3.8) is 0 Å². The van der Waals surface area contributed by atoms with Gasteiger partial charge < -0.3 is 9.64 Å². The zero-order valence-electron chi connectivity index (χ0n) is 24.6. The van der Waals surface area contributed by atoms with Gasteiger partial charge in [-0.1, -0.05) is 52.5 Å². The van der Waals surface area contributed by atoms with Crippen LogP contribution in [-0.4, -0.2) is 33.9 Å². The summed E-state index contributed by atoms with van der Waals surface area (Å²) < 4.78 is 44.6. The summed E-state index contributed by atoms with van der Waals surface area (Å²) in [6.07, 6.45) is 7.85. The number of hydrogen-bond acceptors (Lipinski definition) is 4. The summed E-state index contributed by atoms with van der Waals surface area (Å²) in [5.41, 5.74) is 3.94. The number of rotatable bonds is 7. The van der Waals surface area contributed by atoms with Crippen LogP contribution in [0, 0.1) is 12.8 Å². The maximum absolute atomic E-state index is 12.9. The number of nitrogens with zero attached hydrogens (tertiary/aromatic N) is 3. The van der Waals surface area contributed by atoms with Gasteiger partial charge in [0.1, 0.15) is 5.75 Å². The van der Waals surface area contributed by atoms with Crippen molar-refractivity contribution < 1.29 is 22.7 Å². The van der Waals surface area contributed by atoms with Crippen molar-refractivity contribution in [2.75, 3.05) is 7.05 Å². The van der Waals surface area contributed by atoms with Crippen LogP contribution in [0.15, 0.2) is 46.2 Å². The van der Waals surface area contributed by atoms with E-state index in [0.29, 0.717) is 28.6 Å². The Morgan fingerprint density at radius 2 is 1.88 bits per heavy atom. The molecule has 40 heavy (non-hydrogen) atoms. The van der Waals surface area contributed by atoms with Crippen LogP contribution in [0.25, 0.3) is 5.69 Å². The number of benzene rings is 1. The zero-order chi connectivity index (χ0) is 29.8. The molecule has 0 fully saturated rings. The first-order chi connectivity index (χ1) is 18.7. The lowest BCUT2D eigenvalue weighted by atomic mass is 9.68. The van der Waals surface area contributed by atoms with Crippen molar-refractivity contribution in [2.24, 2.45) is 5.92 Å². The van der Waals surface area contributed by atoms with Crippen LogP contribution in [0.4, 0.5) is 13.2 Å². The standard InChI is InChI=1S/C25H27BrF3N3O2.C6H14/c1-14-7-6-8-18-22(14)31(5)12-11-24(18,4)23-21(16(3)33)15(2)32(30-23)17-9-10-19(26)20(13-17)34-25(27,28)29;1-3-5-6-4-2/h9-14H,6-8H2,1-5H3;3-6H2,1-2H3. The average molecular weight is 625 g/mol. The molecule has 2 unspecified atom stereocenters. The topological polar surface area (TPSA) is 47.4 Å². The van der Waals surface area contributed by atoms with Gasteiger partial charge in [-0.25, -0.2) is 4.68 Å². The Hall–Kier alpha value is -2.55. The molecule has 2 heterocycles. The predicted octanol–water partition coefficient (Wildman–Crippen LogP) is 9.42. The molecular formula is C31H41BrF3N3O2. The highest BCUT2D eigenvalue weighted by molar-refractivity contribution is 9.10. The molecule has 0 amide bonds. The van der Waals surface area contributed by atoms with Gasteiger partial charge in [-0.05, 0) is 79.6 Å². The van der Waals surface area contributed by atoms with E-state index in [1.54, 1.807) is 13.0 Å². The summed E-state index contributed by atoms with van der Waals surface area (Å²) in [4.78, 5) is 15.0. The molecule has 220 valence electrons. The number of carbonyl (C=O) groups is 1. The van der Waals surface area contributed by atoms with E-state index >= 15 is 0 Å². The number of unbranched alkanes of at least 4 members (excludes halogenated alkanes) is 3. The molecule has 0 bridgehead atoms. The summed E-state index contributed by atoms with van der Waals surface area (Å²) >= 11 is 3.11. The van der Waals surface area contributed by atoms with E-state index in [0.717, 1.165) is 19.3 Å². The second-order valence-electron chi connectivity index (χ2n) is 10.9. The van der Waals surface area contributed by atoms with E-state index in [1.807, 2.05) is 13.2 Å². The van der Waals surface area contributed by atoms with Crippen molar-refractivity contribution in [1.29, 1.82) is 0 Å². The minimum absolute atomic E-state index is 0.137. The maximum atomic E-state index is 12.9. The van der Waals surface area contributed by atoms with Crippen LogP contribution < -0.4 is 4.74 Å². The Kier molecular flexibility index (Phi) is 10.4. The van der Waals surface area contributed by atoms with Gasteiger partial charge in [-0.3, -0.25) is 4.79 Å². The monoisotopic (exact) mass is 623 g/mol. The highest BCUT2D eigenvalue weighted by Gasteiger charge is 2.42. The van der Waals surface area contributed by atoms with Gasteiger partial charge in [0.15, 0.2) is 5.78 Å². The van der Waals surface area contributed by atoms with Gasteiger partial charge in [0.25, 0.3) is 0 Å². The molecule has 2 atom stereocenters. The predicted molar refractivity (Wildman–Crippen MR) is 157 cm³/mol. The third-order valence-electron chi connectivity index (χ3n) is 7.78. The second kappa shape index (κ2) is 13.0. The molecule has 1 aromatic carbocycles. The minimum atomic E-state index is -4.83. The van der Waals surface area contributed by atoms with Crippen LogP contribution >= 0.6 is 15.9 Å². The van der Waals surface area contributed by atoms with Gasteiger partial charge in [-0.2, -0.15) is 5.10 Å². The molecule has 0 saturated heterocycles. The van der Waals surface area contributed by atoms with E-state index in [-0.39, 0.29) is 16.0 Å². The first-order valence-electron chi connectivity index (χ1n) is 14.1. The lowest BCUT2D eigenvalue weighted by Crippen LogP contribution is -2.36.